The van der Waals surface area contributed by atoms with Gasteiger partial charge >= 0.3 is 0 Å². The predicted molar refractivity (Wildman–Crippen MR) is 56.6 cm³/mol. The second kappa shape index (κ2) is 3.39. The zero-order chi connectivity index (χ0) is 10.2. The van der Waals surface area contributed by atoms with Crippen LogP contribution >= 0.6 is 0 Å². The lowest BCUT2D eigenvalue weighted by Gasteiger charge is -2.38. The van der Waals surface area contributed by atoms with Gasteiger partial charge in [0.05, 0.1) is 5.54 Å². The Labute approximate surface area is 85.1 Å². The van der Waals surface area contributed by atoms with Gasteiger partial charge in [0, 0.05) is 12.4 Å². The van der Waals surface area contributed by atoms with E-state index in [0.717, 1.165) is 18.7 Å². The van der Waals surface area contributed by atoms with E-state index in [9.17, 15) is 0 Å². The third-order valence-corrected chi connectivity index (χ3v) is 3.20. The van der Waals surface area contributed by atoms with Gasteiger partial charge in [-0.05, 0) is 31.1 Å². The molecule has 0 spiro atoms. The zero-order valence-electron chi connectivity index (χ0n) is 8.96. The summed E-state index contributed by atoms with van der Waals surface area (Å²) in [6.45, 7) is 4.56. The monoisotopic (exact) mass is 193 g/mol. The minimum absolute atomic E-state index is 0.222. The number of hydrogen-bond donors (Lipinski definition) is 2. The smallest absolute Gasteiger partial charge is 0.126 e. The first-order valence-electron chi connectivity index (χ1n) is 5.39. The van der Waals surface area contributed by atoms with Gasteiger partial charge in [0.2, 0.25) is 0 Å². The van der Waals surface area contributed by atoms with Gasteiger partial charge in [-0.25, -0.2) is 4.98 Å². The quantitative estimate of drug-likeness (QED) is 0.717. The fourth-order valence-electron chi connectivity index (χ4n) is 2.91. The molecule has 78 valence electrons. The molecule has 0 aromatic carbocycles. The molecule has 1 aliphatic carbocycles. The van der Waals surface area contributed by atoms with Gasteiger partial charge in [-0.1, -0.05) is 13.8 Å². The lowest BCUT2D eigenvalue weighted by molar-refractivity contribution is 0.176. The molecule has 1 aromatic heterocycles. The molecular formula is C11H19N3. The van der Waals surface area contributed by atoms with E-state index in [0.29, 0.717) is 11.8 Å². The van der Waals surface area contributed by atoms with Crippen molar-refractivity contribution in [1.82, 2.24) is 9.97 Å². The second-order valence-electron chi connectivity index (χ2n) is 4.95. The van der Waals surface area contributed by atoms with Gasteiger partial charge in [-0.2, -0.15) is 0 Å². The Morgan fingerprint density at radius 2 is 2.07 bits per heavy atom. The lowest BCUT2D eigenvalue weighted by atomic mass is 9.72. The van der Waals surface area contributed by atoms with Crippen molar-refractivity contribution in [2.45, 2.75) is 38.6 Å². The van der Waals surface area contributed by atoms with Crippen LogP contribution in [0.25, 0.3) is 0 Å². The Kier molecular flexibility index (Phi) is 2.35. The number of H-pyrrole nitrogens is 1. The first-order valence-corrected chi connectivity index (χ1v) is 5.39. The van der Waals surface area contributed by atoms with Crippen molar-refractivity contribution in [3.63, 3.8) is 0 Å². The summed E-state index contributed by atoms with van der Waals surface area (Å²) in [5.41, 5.74) is 6.19. The van der Waals surface area contributed by atoms with E-state index in [4.69, 9.17) is 5.73 Å². The van der Waals surface area contributed by atoms with Gasteiger partial charge in [0.1, 0.15) is 5.82 Å². The maximum atomic E-state index is 6.41. The van der Waals surface area contributed by atoms with Gasteiger partial charge in [0.15, 0.2) is 0 Å². The van der Waals surface area contributed by atoms with Crippen LogP contribution < -0.4 is 5.73 Å². The Hall–Kier alpha value is -0.830. The van der Waals surface area contributed by atoms with Crippen LogP contribution in [0.4, 0.5) is 0 Å². The first-order chi connectivity index (χ1) is 6.60. The van der Waals surface area contributed by atoms with Crippen molar-refractivity contribution in [1.29, 1.82) is 0 Å². The molecule has 1 fully saturated rings. The molecule has 14 heavy (non-hydrogen) atoms. The Morgan fingerprint density at radius 1 is 1.43 bits per heavy atom. The van der Waals surface area contributed by atoms with E-state index >= 15 is 0 Å². The van der Waals surface area contributed by atoms with E-state index in [1.165, 1.54) is 6.42 Å². The summed E-state index contributed by atoms with van der Waals surface area (Å²) in [5, 5.41) is 0. The minimum atomic E-state index is -0.222. The summed E-state index contributed by atoms with van der Waals surface area (Å²) in [6, 6.07) is 0. The molecule has 2 rings (SSSR count). The molecule has 1 saturated carbocycles. The summed E-state index contributed by atoms with van der Waals surface area (Å²) >= 11 is 0. The van der Waals surface area contributed by atoms with Crippen LogP contribution in [0, 0.1) is 11.8 Å². The molecule has 1 aromatic rings. The zero-order valence-corrected chi connectivity index (χ0v) is 8.96. The molecule has 0 radical (unpaired) electrons. The van der Waals surface area contributed by atoms with Crippen molar-refractivity contribution in [3.05, 3.63) is 18.2 Å². The average Bonchev–Trinajstić information content (AvgIpc) is 2.52. The van der Waals surface area contributed by atoms with Crippen LogP contribution in [0.5, 0.6) is 0 Å². The first kappa shape index (κ1) is 9.71. The summed E-state index contributed by atoms with van der Waals surface area (Å²) in [6.07, 6.45) is 7.02. The standard InChI is InChI=1S/C11H19N3/c1-8-5-9(2)7-11(12,6-8)10-13-3-4-14-10/h3-4,8-9H,5-7,12H2,1-2H3,(H,13,14). The summed E-state index contributed by atoms with van der Waals surface area (Å²) < 4.78 is 0. The van der Waals surface area contributed by atoms with Gasteiger partial charge in [0.25, 0.3) is 0 Å². The predicted octanol–water partition coefficient (Wildman–Crippen LogP) is 2.02. The number of nitrogens with one attached hydrogen (secondary N) is 1. The molecule has 3 nitrogen and oxygen atoms in total. The lowest BCUT2D eigenvalue weighted by Crippen LogP contribution is -2.44. The molecule has 1 heterocycles. The average molecular weight is 193 g/mol. The van der Waals surface area contributed by atoms with E-state index < -0.39 is 0 Å². The van der Waals surface area contributed by atoms with Crippen molar-refractivity contribution in [2.75, 3.05) is 0 Å². The van der Waals surface area contributed by atoms with Gasteiger partial charge < -0.3 is 10.7 Å². The van der Waals surface area contributed by atoms with E-state index in [1.807, 2.05) is 6.20 Å². The molecule has 1 aliphatic rings. The Bertz CT molecular complexity index is 281. The molecule has 0 saturated heterocycles. The maximum absolute atomic E-state index is 6.41. The largest absolute Gasteiger partial charge is 0.347 e. The van der Waals surface area contributed by atoms with Gasteiger partial charge in [-0.3, -0.25) is 0 Å². The molecule has 0 aliphatic heterocycles. The second-order valence-corrected chi connectivity index (χ2v) is 4.95. The van der Waals surface area contributed by atoms with E-state index in [2.05, 4.69) is 23.8 Å². The number of aromatic amines is 1. The minimum Gasteiger partial charge on any atom is -0.347 e. The molecular weight excluding hydrogens is 174 g/mol. The Morgan fingerprint density at radius 3 is 2.57 bits per heavy atom. The summed E-state index contributed by atoms with van der Waals surface area (Å²) in [4.78, 5) is 7.45. The highest BCUT2D eigenvalue weighted by atomic mass is 15.0. The number of imidazole rings is 1. The molecule has 0 amide bonds. The third kappa shape index (κ3) is 1.69. The summed E-state index contributed by atoms with van der Waals surface area (Å²) in [7, 11) is 0. The number of aromatic nitrogens is 2. The molecule has 2 unspecified atom stereocenters. The molecule has 0 bridgehead atoms. The van der Waals surface area contributed by atoms with Crippen LogP contribution in [-0.2, 0) is 5.54 Å². The van der Waals surface area contributed by atoms with Crippen molar-refractivity contribution < 1.29 is 0 Å². The fourth-order valence-corrected chi connectivity index (χ4v) is 2.91. The maximum Gasteiger partial charge on any atom is 0.126 e. The van der Waals surface area contributed by atoms with Gasteiger partial charge in [-0.15, -0.1) is 0 Å². The highest BCUT2D eigenvalue weighted by Gasteiger charge is 2.37. The highest BCUT2D eigenvalue weighted by molar-refractivity contribution is 5.08. The van der Waals surface area contributed by atoms with Crippen molar-refractivity contribution in [2.24, 2.45) is 17.6 Å². The molecule has 3 heteroatoms. The van der Waals surface area contributed by atoms with Crippen LogP contribution in [0.2, 0.25) is 0 Å². The van der Waals surface area contributed by atoms with Crippen molar-refractivity contribution >= 4 is 0 Å². The number of rotatable bonds is 1. The Balaban J connectivity index is 2.22. The van der Waals surface area contributed by atoms with Crippen LogP contribution in [-0.4, -0.2) is 9.97 Å². The van der Waals surface area contributed by atoms with E-state index in [1.54, 1.807) is 6.20 Å². The fraction of sp³-hybridized carbons (Fsp3) is 0.727. The third-order valence-electron chi connectivity index (χ3n) is 3.20. The SMILES string of the molecule is CC1CC(C)CC(N)(c2ncc[nH]2)C1. The van der Waals surface area contributed by atoms with Crippen molar-refractivity contribution in [3.8, 4) is 0 Å². The number of nitrogens with zero attached hydrogens (tertiary/aromatic N) is 1. The van der Waals surface area contributed by atoms with Crippen LogP contribution in [0.3, 0.4) is 0 Å². The topological polar surface area (TPSA) is 54.7 Å². The number of nitrogens with two attached hydrogens (primary N) is 1. The van der Waals surface area contributed by atoms with E-state index in [-0.39, 0.29) is 5.54 Å². The molecule has 3 N–H and O–H groups in total. The highest BCUT2D eigenvalue weighted by Crippen LogP contribution is 2.39. The number of hydrogen-bond acceptors (Lipinski definition) is 2. The van der Waals surface area contributed by atoms with Crippen LogP contribution in [0.1, 0.15) is 38.9 Å². The summed E-state index contributed by atoms with van der Waals surface area (Å²) in [5.74, 6) is 2.36. The van der Waals surface area contributed by atoms with Crippen LogP contribution in [0.15, 0.2) is 12.4 Å². The molecule has 2 atom stereocenters. The normalized spacial score (nSPS) is 38.5.